The zero-order chi connectivity index (χ0) is 11.0. The number of aryl methyl sites for hydroxylation is 1. The van der Waals surface area contributed by atoms with Crippen molar-refractivity contribution in [2.75, 3.05) is 11.6 Å². The lowest BCUT2D eigenvalue weighted by molar-refractivity contribution is -0.111. The Hall–Kier alpha value is -1.98. The van der Waals surface area contributed by atoms with Crippen LogP contribution in [0.5, 0.6) is 0 Å². The van der Waals surface area contributed by atoms with Crippen LogP contribution in [0, 0.1) is 6.92 Å². The number of aromatic nitrogens is 2. The van der Waals surface area contributed by atoms with Gasteiger partial charge >= 0.3 is 0 Å². The number of hydrogen-bond acceptors (Lipinski definition) is 5. The van der Waals surface area contributed by atoms with Crippen LogP contribution in [0.3, 0.4) is 0 Å². The number of nitrogens with zero attached hydrogens (tertiary/aromatic N) is 3. The number of aromatic amines is 1. The van der Waals surface area contributed by atoms with Gasteiger partial charge in [-0.15, -0.1) is 0 Å². The van der Waals surface area contributed by atoms with Crippen LogP contribution < -0.4 is 10.6 Å². The first kappa shape index (κ1) is 9.57. The number of hydrogen-bond donors (Lipinski definition) is 1. The van der Waals surface area contributed by atoms with E-state index in [1.807, 2.05) is 0 Å². The third-order valence-corrected chi connectivity index (χ3v) is 2.07. The van der Waals surface area contributed by atoms with Crippen molar-refractivity contribution < 1.29 is 4.79 Å². The monoisotopic (exact) mass is 206 g/mol. The summed E-state index contributed by atoms with van der Waals surface area (Å²) < 4.78 is 0. The quantitative estimate of drug-likeness (QED) is 0.692. The SMILES string of the molecule is CC1=NN(c2nc(C)cc(=O)[nH]2)CC1=O. The van der Waals surface area contributed by atoms with Crippen LogP contribution in [-0.2, 0) is 4.79 Å². The molecule has 0 atom stereocenters. The Labute approximate surface area is 85.6 Å². The van der Waals surface area contributed by atoms with Crippen molar-refractivity contribution in [1.29, 1.82) is 0 Å². The van der Waals surface area contributed by atoms with Crippen molar-refractivity contribution in [2.24, 2.45) is 5.10 Å². The van der Waals surface area contributed by atoms with Gasteiger partial charge in [-0.3, -0.25) is 14.6 Å². The van der Waals surface area contributed by atoms with Crippen LogP contribution in [0.25, 0.3) is 0 Å². The van der Waals surface area contributed by atoms with E-state index < -0.39 is 0 Å². The van der Waals surface area contributed by atoms with Gasteiger partial charge in [-0.2, -0.15) is 5.10 Å². The summed E-state index contributed by atoms with van der Waals surface area (Å²) in [5, 5.41) is 5.38. The Balaban J connectivity index is 2.40. The molecule has 0 saturated carbocycles. The predicted octanol–water partition coefficient (Wildman–Crippen LogP) is -0.157. The number of H-pyrrole nitrogens is 1. The Morgan fingerprint density at radius 3 is 2.67 bits per heavy atom. The fourth-order valence-corrected chi connectivity index (χ4v) is 1.33. The second-order valence-electron chi connectivity index (χ2n) is 3.38. The molecule has 0 spiro atoms. The van der Waals surface area contributed by atoms with Gasteiger partial charge < -0.3 is 0 Å². The average Bonchev–Trinajstić information content (AvgIpc) is 2.45. The molecule has 1 N–H and O–H groups in total. The maximum Gasteiger partial charge on any atom is 0.252 e. The molecule has 6 nitrogen and oxygen atoms in total. The molecule has 1 aliphatic rings. The fraction of sp³-hybridized carbons (Fsp3) is 0.333. The number of Topliss-reactive ketones (excluding diaryl/α,β-unsaturated/α-hetero) is 1. The number of carbonyl (C=O) groups is 1. The molecule has 0 fully saturated rings. The van der Waals surface area contributed by atoms with Crippen LogP contribution in [0.1, 0.15) is 12.6 Å². The van der Waals surface area contributed by atoms with E-state index in [2.05, 4.69) is 15.1 Å². The minimum atomic E-state index is -0.246. The molecule has 0 radical (unpaired) electrons. The van der Waals surface area contributed by atoms with Gasteiger partial charge in [0.05, 0.1) is 0 Å². The summed E-state index contributed by atoms with van der Waals surface area (Å²) in [5.74, 6) is 0.254. The Morgan fingerprint density at radius 1 is 1.40 bits per heavy atom. The van der Waals surface area contributed by atoms with Crippen molar-refractivity contribution in [3.63, 3.8) is 0 Å². The van der Waals surface area contributed by atoms with Crippen LogP contribution in [0.4, 0.5) is 5.95 Å². The summed E-state index contributed by atoms with van der Waals surface area (Å²) in [6.07, 6.45) is 0. The molecule has 0 aromatic carbocycles. The molecule has 0 amide bonds. The molecule has 2 rings (SSSR count). The number of anilines is 1. The first-order valence-corrected chi connectivity index (χ1v) is 4.50. The summed E-state index contributed by atoms with van der Waals surface area (Å²) in [7, 11) is 0. The van der Waals surface area contributed by atoms with Crippen molar-refractivity contribution in [1.82, 2.24) is 9.97 Å². The number of nitrogens with one attached hydrogen (secondary N) is 1. The van der Waals surface area contributed by atoms with Gasteiger partial charge in [0.25, 0.3) is 5.56 Å². The Morgan fingerprint density at radius 2 is 2.13 bits per heavy atom. The largest absolute Gasteiger partial charge is 0.291 e. The smallest absolute Gasteiger partial charge is 0.252 e. The van der Waals surface area contributed by atoms with Gasteiger partial charge in [-0.1, -0.05) is 0 Å². The lowest BCUT2D eigenvalue weighted by atomic mass is 10.3. The molecule has 0 saturated heterocycles. The lowest BCUT2D eigenvalue weighted by Gasteiger charge is -2.10. The minimum absolute atomic E-state index is 0.0563. The number of ketones is 1. The molecule has 0 unspecified atom stereocenters. The summed E-state index contributed by atoms with van der Waals surface area (Å²) >= 11 is 0. The second kappa shape index (κ2) is 3.30. The molecule has 0 bridgehead atoms. The molecular weight excluding hydrogens is 196 g/mol. The van der Waals surface area contributed by atoms with E-state index in [-0.39, 0.29) is 17.9 Å². The molecule has 1 aromatic rings. The molecule has 0 aliphatic carbocycles. The lowest BCUT2D eigenvalue weighted by Crippen LogP contribution is -2.23. The summed E-state index contributed by atoms with van der Waals surface area (Å²) in [5.41, 5.74) is 0.782. The molecule has 1 aromatic heterocycles. The average molecular weight is 206 g/mol. The highest BCUT2D eigenvalue weighted by molar-refractivity contribution is 6.41. The van der Waals surface area contributed by atoms with Crippen LogP contribution in [0.15, 0.2) is 16.0 Å². The zero-order valence-corrected chi connectivity index (χ0v) is 8.44. The summed E-state index contributed by atoms with van der Waals surface area (Å²) in [6.45, 7) is 3.49. The third kappa shape index (κ3) is 1.78. The van der Waals surface area contributed by atoms with E-state index in [0.29, 0.717) is 17.4 Å². The molecular formula is C9H10N4O2. The normalized spacial score (nSPS) is 15.7. The van der Waals surface area contributed by atoms with Gasteiger partial charge in [0.1, 0.15) is 12.3 Å². The minimum Gasteiger partial charge on any atom is -0.291 e. The standard InChI is InChI=1S/C9H10N4O2/c1-5-3-8(15)11-9(10-5)13-4-7(14)6(2)12-13/h3H,4H2,1-2H3,(H,10,11,15). The predicted molar refractivity (Wildman–Crippen MR) is 55.1 cm³/mol. The highest BCUT2D eigenvalue weighted by Gasteiger charge is 2.22. The van der Waals surface area contributed by atoms with E-state index in [1.54, 1.807) is 13.8 Å². The molecule has 1 aliphatic heterocycles. The van der Waals surface area contributed by atoms with Gasteiger partial charge in [-0.05, 0) is 13.8 Å². The maximum atomic E-state index is 11.2. The number of carbonyl (C=O) groups excluding carboxylic acids is 1. The fourth-order valence-electron chi connectivity index (χ4n) is 1.33. The van der Waals surface area contributed by atoms with Crippen molar-refractivity contribution in [3.05, 3.63) is 22.1 Å². The van der Waals surface area contributed by atoms with E-state index in [9.17, 15) is 9.59 Å². The number of hydrazone groups is 1. The van der Waals surface area contributed by atoms with E-state index in [1.165, 1.54) is 11.1 Å². The molecule has 6 heteroatoms. The van der Waals surface area contributed by atoms with Crippen LogP contribution >= 0.6 is 0 Å². The van der Waals surface area contributed by atoms with Gasteiger partial charge in [-0.25, -0.2) is 9.99 Å². The first-order valence-electron chi connectivity index (χ1n) is 4.50. The van der Waals surface area contributed by atoms with Crippen LogP contribution in [0.2, 0.25) is 0 Å². The second-order valence-corrected chi connectivity index (χ2v) is 3.38. The number of rotatable bonds is 1. The first-order chi connectivity index (χ1) is 7.06. The maximum absolute atomic E-state index is 11.2. The summed E-state index contributed by atoms with van der Waals surface area (Å²) in [6, 6.07) is 1.39. The van der Waals surface area contributed by atoms with Gasteiger partial charge in [0.2, 0.25) is 5.95 Å². The van der Waals surface area contributed by atoms with E-state index >= 15 is 0 Å². The van der Waals surface area contributed by atoms with Crippen molar-refractivity contribution in [3.8, 4) is 0 Å². The van der Waals surface area contributed by atoms with E-state index in [0.717, 1.165) is 0 Å². The van der Waals surface area contributed by atoms with Crippen molar-refractivity contribution >= 4 is 17.4 Å². The zero-order valence-electron chi connectivity index (χ0n) is 8.44. The molecule has 78 valence electrons. The van der Waals surface area contributed by atoms with Crippen molar-refractivity contribution in [2.45, 2.75) is 13.8 Å². The Kier molecular flexibility index (Phi) is 2.11. The van der Waals surface area contributed by atoms with Gasteiger partial charge in [0, 0.05) is 11.8 Å². The topological polar surface area (TPSA) is 78.4 Å². The summed E-state index contributed by atoms with van der Waals surface area (Å²) in [4.78, 5) is 29.0. The van der Waals surface area contributed by atoms with Crippen LogP contribution in [-0.4, -0.2) is 28.0 Å². The molecule has 2 heterocycles. The highest BCUT2D eigenvalue weighted by Crippen LogP contribution is 2.10. The van der Waals surface area contributed by atoms with E-state index in [4.69, 9.17) is 0 Å². The third-order valence-electron chi connectivity index (χ3n) is 2.07. The molecule has 15 heavy (non-hydrogen) atoms. The van der Waals surface area contributed by atoms with Gasteiger partial charge in [0.15, 0.2) is 5.78 Å². The highest BCUT2D eigenvalue weighted by atomic mass is 16.1. The Bertz CT molecular complexity index is 503.